The van der Waals surface area contributed by atoms with E-state index in [0.717, 1.165) is 30.3 Å². The third-order valence-electron chi connectivity index (χ3n) is 4.95. The van der Waals surface area contributed by atoms with Crippen molar-refractivity contribution in [1.29, 1.82) is 0 Å². The number of phenols is 1. The smallest absolute Gasteiger partial charge is 0.352 e. The molecule has 3 aliphatic rings. The Morgan fingerprint density at radius 1 is 1.19 bits per heavy atom. The lowest BCUT2D eigenvalue weighted by molar-refractivity contribution is 0.373. The first-order valence-electron chi connectivity index (χ1n) is 8.74. The molecule has 1 saturated carbocycles. The van der Waals surface area contributed by atoms with Crippen LogP contribution in [0.2, 0.25) is 0 Å². The molecule has 0 radical (unpaired) electrons. The molecule has 2 aliphatic heterocycles. The van der Waals surface area contributed by atoms with Gasteiger partial charge in [0, 0.05) is 12.6 Å². The molecular formula is C18H19N5O4. The molecule has 1 aromatic carbocycles. The van der Waals surface area contributed by atoms with E-state index < -0.39 is 11.2 Å². The third kappa shape index (κ3) is 2.84. The zero-order chi connectivity index (χ0) is 19.1. The Balaban J connectivity index is 2.00. The molecular weight excluding hydrogens is 350 g/mol. The molecule has 1 aromatic rings. The highest BCUT2D eigenvalue weighted by Crippen LogP contribution is 2.34. The van der Waals surface area contributed by atoms with Crippen molar-refractivity contribution in [2.45, 2.75) is 31.7 Å². The summed E-state index contributed by atoms with van der Waals surface area (Å²) in [6, 6.07) is 4.80. The van der Waals surface area contributed by atoms with Crippen molar-refractivity contribution in [3.63, 3.8) is 0 Å². The molecule has 0 saturated heterocycles. The summed E-state index contributed by atoms with van der Waals surface area (Å²) in [6.45, 7) is 0. The fourth-order valence-corrected chi connectivity index (χ4v) is 3.44. The topological polar surface area (TPSA) is 112 Å². The second-order valence-electron chi connectivity index (χ2n) is 6.64. The van der Waals surface area contributed by atoms with Gasteiger partial charge in [0.15, 0.2) is 28.8 Å². The lowest BCUT2D eigenvalue weighted by Crippen LogP contribution is -2.37. The van der Waals surface area contributed by atoms with Crippen molar-refractivity contribution in [2.75, 3.05) is 7.11 Å². The van der Waals surface area contributed by atoms with Gasteiger partial charge in [-0.25, -0.2) is 14.5 Å². The minimum atomic E-state index is -0.623. The van der Waals surface area contributed by atoms with E-state index in [1.807, 2.05) is 0 Å². The van der Waals surface area contributed by atoms with E-state index in [1.54, 1.807) is 16.8 Å². The SMILES string of the molecule is COc1cc(-c2nc3c(=O)n(C)c(=O)nc-3n(C3CCCC3)n2)ccc1O. The number of nitrogens with zero attached hydrogens (tertiary/aromatic N) is 5. The number of methoxy groups -OCH3 is 1. The van der Waals surface area contributed by atoms with E-state index in [9.17, 15) is 14.7 Å². The Morgan fingerprint density at radius 3 is 2.63 bits per heavy atom. The minimum Gasteiger partial charge on any atom is -0.504 e. The molecule has 9 nitrogen and oxygen atoms in total. The monoisotopic (exact) mass is 369 g/mol. The summed E-state index contributed by atoms with van der Waals surface area (Å²) < 4.78 is 7.75. The summed E-state index contributed by atoms with van der Waals surface area (Å²) in [5.41, 5.74) is -0.444. The predicted molar refractivity (Wildman–Crippen MR) is 97.1 cm³/mol. The largest absolute Gasteiger partial charge is 0.504 e. The van der Waals surface area contributed by atoms with Crippen LogP contribution in [-0.4, -0.2) is 36.5 Å². The second kappa shape index (κ2) is 6.49. The van der Waals surface area contributed by atoms with Crippen molar-refractivity contribution >= 4 is 0 Å². The molecule has 0 amide bonds. The maximum Gasteiger partial charge on any atom is 0.352 e. The summed E-state index contributed by atoms with van der Waals surface area (Å²) in [5.74, 6) is 0.804. The van der Waals surface area contributed by atoms with Crippen LogP contribution in [0.25, 0.3) is 22.9 Å². The van der Waals surface area contributed by atoms with Crippen LogP contribution < -0.4 is 16.0 Å². The lowest BCUT2D eigenvalue weighted by Gasteiger charge is -2.19. The molecule has 9 heteroatoms. The number of fused-ring (bicyclic) bond motifs is 1. The first-order valence-corrected chi connectivity index (χ1v) is 8.74. The van der Waals surface area contributed by atoms with Gasteiger partial charge < -0.3 is 9.84 Å². The van der Waals surface area contributed by atoms with Crippen molar-refractivity contribution in [3.05, 3.63) is 39.0 Å². The van der Waals surface area contributed by atoms with Crippen LogP contribution in [-0.2, 0) is 7.05 Å². The Bertz CT molecular complexity index is 1100. The molecule has 4 rings (SSSR count). The molecule has 2 heterocycles. The zero-order valence-corrected chi connectivity index (χ0v) is 15.0. The van der Waals surface area contributed by atoms with Gasteiger partial charge in [-0.1, -0.05) is 12.8 Å². The summed E-state index contributed by atoms with van der Waals surface area (Å²) in [5, 5.41) is 14.4. The van der Waals surface area contributed by atoms with Crippen LogP contribution in [0, 0.1) is 0 Å². The highest BCUT2D eigenvalue weighted by Gasteiger charge is 2.27. The van der Waals surface area contributed by atoms with Gasteiger partial charge in [-0.3, -0.25) is 9.36 Å². The quantitative estimate of drug-likeness (QED) is 0.741. The second-order valence-corrected chi connectivity index (χ2v) is 6.64. The lowest BCUT2D eigenvalue weighted by atomic mass is 10.2. The third-order valence-corrected chi connectivity index (χ3v) is 4.95. The van der Waals surface area contributed by atoms with Crippen LogP contribution in [0.3, 0.4) is 0 Å². The highest BCUT2D eigenvalue weighted by molar-refractivity contribution is 5.63. The van der Waals surface area contributed by atoms with Crippen molar-refractivity contribution < 1.29 is 9.84 Å². The van der Waals surface area contributed by atoms with Gasteiger partial charge in [-0.15, -0.1) is 0 Å². The Labute approximate surface area is 154 Å². The molecule has 140 valence electrons. The number of hydrogen-bond acceptors (Lipinski definition) is 7. The standard InChI is InChI=1S/C18H19N5O4/c1-22-17(25)14-16(20-18(22)26)23(11-5-3-4-6-11)21-15(19-14)10-7-8-12(24)13(9-10)27-2/h7-9,11,24H,3-6H2,1-2H3. The van der Waals surface area contributed by atoms with Gasteiger partial charge in [-0.2, -0.15) is 10.1 Å². The van der Waals surface area contributed by atoms with Crippen molar-refractivity contribution in [1.82, 2.24) is 24.3 Å². The number of hydrogen-bond donors (Lipinski definition) is 1. The number of phenolic OH excluding ortho intramolecular Hbond substituents is 1. The summed E-state index contributed by atoms with van der Waals surface area (Å²) in [4.78, 5) is 33.1. The Morgan fingerprint density at radius 2 is 1.93 bits per heavy atom. The predicted octanol–water partition coefficient (Wildman–Crippen LogP) is 1.33. The van der Waals surface area contributed by atoms with Crippen molar-refractivity contribution in [2.24, 2.45) is 7.05 Å². The van der Waals surface area contributed by atoms with Gasteiger partial charge in [-0.05, 0) is 31.0 Å². The van der Waals surface area contributed by atoms with Crippen molar-refractivity contribution in [3.8, 4) is 34.4 Å². The van der Waals surface area contributed by atoms with E-state index in [4.69, 9.17) is 4.74 Å². The number of aromatic nitrogens is 5. The zero-order valence-electron chi connectivity index (χ0n) is 15.0. The number of benzene rings is 1. The average molecular weight is 369 g/mol. The number of ether oxygens (including phenoxy) is 1. The Kier molecular flexibility index (Phi) is 4.14. The average Bonchev–Trinajstić information content (AvgIpc) is 3.21. The summed E-state index contributed by atoms with van der Waals surface area (Å²) in [6.07, 6.45) is 3.92. The van der Waals surface area contributed by atoms with Gasteiger partial charge in [0.2, 0.25) is 0 Å². The molecule has 0 atom stereocenters. The van der Waals surface area contributed by atoms with E-state index in [-0.39, 0.29) is 29.1 Å². The fourth-order valence-electron chi connectivity index (χ4n) is 3.44. The van der Waals surface area contributed by atoms with Crippen LogP contribution in [0.15, 0.2) is 27.8 Å². The molecule has 27 heavy (non-hydrogen) atoms. The molecule has 0 unspecified atom stereocenters. The summed E-state index contributed by atoms with van der Waals surface area (Å²) >= 11 is 0. The van der Waals surface area contributed by atoms with Crippen LogP contribution in [0.4, 0.5) is 0 Å². The fraction of sp³-hybridized carbons (Fsp3) is 0.389. The van der Waals surface area contributed by atoms with E-state index in [2.05, 4.69) is 15.1 Å². The molecule has 1 N–H and O–H groups in total. The molecule has 0 bridgehead atoms. The van der Waals surface area contributed by atoms with E-state index in [1.165, 1.54) is 20.2 Å². The first kappa shape index (κ1) is 17.2. The maximum absolute atomic E-state index is 12.6. The van der Waals surface area contributed by atoms with E-state index in [0.29, 0.717) is 11.4 Å². The van der Waals surface area contributed by atoms with Gasteiger partial charge in [0.25, 0.3) is 5.56 Å². The van der Waals surface area contributed by atoms with Crippen LogP contribution in [0.1, 0.15) is 31.7 Å². The normalized spacial score (nSPS) is 14.7. The molecule has 1 aliphatic carbocycles. The van der Waals surface area contributed by atoms with Gasteiger partial charge in [0.1, 0.15) is 0 Å². The highest BCUT2D eigenvalue weighted by atomic mass is 16.5. The van der Waals surface area contributed by atoms with Crippen LogP contribution in [0.5, 0.6) is 11.5 Å². The first-order chi connectivity index (χ1) is 13.0. The minimum absolute atomic E-state index is 0.000661. The molecule has 1 fully saturated rings. The number of rotatable bonds is 3. The number of aromatic hydroxyl groups is 1. The van der Waals surface area contributed by atoms with Gasteiger partial charge >= 0.3 is 5.69 Å². The van der Waals surface area contributed by atoms with Gasteiger partial charge in [0.05, 0.1) is 13.2 Å². The maximum atomic E-state index is 12.6. The summed E-state index contributed by atoms with van der Waals surface area (Å²) in [7, 11) is 2.83. The van der Waals surface area contributed by atoms with E-state index >= 15 is 0 Å². The molecule has 0 aromatic heterocycles. The Hall–Kier alpha value is -3.23. The molecule has 0 spiro atoms. The van der Waals surface area contributed by atoms with Crippen LogP contribution >= 0.6 is 0 Å².